The monoisotopic (exact) mass is 447 g/mol. The summed E-state index contributed by atoms with van der Waals surface area (Å²) in [6, 6.07) is 11.7. The molecule has 1 aliphatic rings. The normalized spacial score (nSPS) is 18.5. The molecule has 0 spiro atoms. The van der Waals surface area contributed by atoms with Crippen LogP contribution in [0.3, 0.4) is 0 Å². The first-order valence-electron chi connectivity index (χ1n) is 9.51. The minimum atomic E-state index is -4.58. The Bertz CT molecular complexity index is 1160. The average molecular weight is 448 g/mol. The zero-order chi connectivity index (χ0) is 22.3. The third kappa shape index (κ3) is 3.95. The van der Waals surface area contributed by atoms with E-state index in [4.69, 9.17) is 11.6 Å². The number of fused-ring (bicyclic) bond motifs is 1. The lowest BCUT2D eigenvalue weighted by atomic mass is 9.84. The van der Waals surface area contributed by atoms with Gasteiger partial charge in [-0.2, -0.15) is 18.3 Å². The number of ketones is 1. The van der Waals surface area contributed by atoms with Crippen molar-refractivity contribution in [2.45, 2.75) is 31.5 Å². The number of rotatable bonds is 3. The Morgan fingerprint density at radius 1 is 1.19 bits per heavy atom. The van der Waals surface area contributed by atoms with E-state index < -0.39 is 28.6 Å². The molecule has 0 saturated heterocycles. The Kier molecular flexibility index (Phi) is 5.35. The van der Waals surface area contributed by atoms with Crippen molar-refractivity contribution in [1.82, 2.24) is 9.78 Å². The van der Waals surface area contributed by atoms with Crippen LogP contribution in [0, 0.1) is 0 Å². The van der Waals surface area contributed by atoms with Crippen molar-refractivity contribution in [3.8, 4) is 0 Å². The lowest BCUT2D eigenvalue weighted by Crippen LogP contribution is -2.29. The largest absolute Gasteiger partial charge is 0.417 e. The topological polar surface area (TPSA) is 64.0 Å². The highest BCUT2D eigenvalue weighted by atomic mass is 35.5. The number of amides is 1. The van der Waals surface area contributed by atoms with Gasteiger partial charge in [0.25, 0.3) is 5.91 Å². The number of benzene rings is 2. The Hall–Kier alpha value is -3.13. The van der Waals surface area contributed by atoms with Gasteiger partial charge in [0, 0.05) is 5.56 Å². The summed E-state index contributed by atoms with van der Waals surface area (Å²) in [5.41, 5.74) is 0.333. The molecule has 9 heteroatoms. The number of anilines is 1. The molecule has 4 rings (SSSR count). The van der Waals surface area contributed by atoms with Crippen LogP contribution < -0.4 is 5.32 Å². The average Bonchev–Trinajstić information content (AvgIpc) is 3.15. The molecule has 2 aromatic carbocycles. The molecule has 1 aliphatic heterocycles. The summed E-state index contributed by atoms with van der Waals surface area (Å²) in [5.74, 6) is -1.43. The third-order valence-electron chi connectivity index (χ3n) is 5.32. The van der Waals surface area contributed by atoms with Gasteiger partial charge in [0.05, 0.1) is 34.4 Å². The molecule has 1 amide bonds. The molecule has 0 fully saturated rings. The van der Waals surface area contributed by atoms with Crippen LogP contribution in [0.2, 0.25) is 5.02 Å². The lowest BCUT2D eigenvalue weighted by molar-refractivity contribution is -0.137. The number of halogens is 4. The zero-order valence-electron chi connectivity index (χ0n) is 16.3. The van der Waals surface area contributed by atoms with E-state index in [0.717, 1.165) is 6.07 Å². The molecule has 2 heterocycles. The molecular weight excluding hydrogens is 431 g/mol. The predicted octanol–water partition coefficient (Wildman–Crippen LogP) is 5.74. The standard InChI is InChI=1S/C22H17ClF3N3O2/c1-12-9-15(14-7-8-16(17(23)10-14)22(24,25)26)20(30)19-18(11-27-29(12)19)28-21(31)13-5-3-2-4-6-13/h2-8,10-12,15H,9H2,1H3,(H,28,31)/t12-,15?/m0/s1. The third-order valence-corrected chi connectivity index (χ3v) is 5.64. The van der Waals surface area contributed by atoms with Crippen molar-refractivity contribution in [2.24, 2.45) is 0 Å². The van der Waals surface area contributed by atoms with Gasteiger partial charge in [0.1, 0.15) is 5.69 Å². The second-order valence-corrected chi connectivity index (χ2v) is 7.82. The smallest absolute Gasteiger partial charge is 0.319 e. The fourth-order valence-corrected chi connectivity index (χ4v) is 4.09. The van der Waals surface area contributed by atoms with Gasteiger partial charge in [-0.25, -0.2) is 0 Å². The number of alkyl halides is 3. The van der Waals surface area contributed by atoms with E-state index in [2.05, 4.69) is 10.4 Å². The minimum Gasteiger partial charge on any atom is -0.319 e. The van der Waals surface area contributed by atoms with Crippen molar-refractivity contribution in [2.75, 3.05) is 5.32 Å². The number of hydrogen-bond donors (Lipinski definition) is 1. The van der Waals surface area contributed by atoms with E-state index in [1.807, 2.05) is 6.92 Å². The molecule has 1 aromatic heterocycles. The predicted molar refractivity (Wildman–Crippen MR) is 109 cm³/mol. The van der Waals surface area contributed by atoms with Gasteiger partial charge in [-0.1, -0.05) is 35.9 Å². The molecule has 1 unspecified atom stereocenters. The molecule has 160 valence electrons. The van der Waals surface area contributed by atoms with Crippen LogP contribution in [-0.4, -0.2) is 21.5 Å². The van der Waals surface area contributed by atoms with Crippen LogP contribution in [0.1, 0.15) is 57.3 Å². The fraction of sp³-hybridized carbons (Fsp3) is 0.227. The maximum absolute atomic E-state index is 13.3. The Morgan fingerprint density at radius 2 is 1.90 bits per heavy atom. The minimum absolute atomic E-state index is 0.207. The van der Waals surface area contributed by atoms with Crippen LogP contribution in [0.5, 0.6) is 0 Å². The summed E-state index contributed by atoms with van der Waals surface area (Å²) in [6.07, 6.45) is -2.82. The highest BCUT2D eigenvalue weighted by molar-refractivity contribution is 6.31. The molecule has 3 aromatic rings. The second-order valence-electron chi connectivity index (χ2n) is 7.41. The molecule has 0 saturated carbocycles. The quantitative estimate of drug-likeness (QED) is 0.557. The summed E-state index contributed by atoms with van der Waals surface area (Å²) in [7, 11) is 0. The van der Waals surface area contributed by atoms with E-state index in [1.54, 1.807) is 30.3 Å². The van der Waals surface area contributed by atoms with E-state index in [1.165, 1.54) is 23.0 Å². The van der Waals surface area contributed by atoms with Crippen molar-refractivity contribution >= 4 is 29.0 Å². The molecular formula is C22H17ClF3N3O2. The summed E-state index contributed by atoms with van der Waals surface area (Å²) < 4.78 is 40.6. The van der Waals surface area contributed by atoms with Crippen LogP contribution in [0.15, 0.2) is 54.7 Å². The maximum atomic E-state index is 13.3. The highest BCUT2D eigenvalue weighted by Crippen LogP contribution is 2.41. The number of carbonyl (C=O) groups is 2. The Labute approximate surface area is 180 Å². The molecule has 31 heavy (non-hydrogen) atoms. The van der Waals surface area contributed by atoms with Crippen molar-refractivity contribution in [3.05, 3.63) is 82.1 Å². The Morgan fingerprint density at radius 3 is 2.55 bits per heavy atom. The SMILES string of the molecule is C[C@H]1CC(c2ccc(C(F)(F)F)c(Cl)c2)C(=O)c2c(NC(=O)c3ccccc3)cnn21. The van der Waals surface area contributed by atoms with Gasteiger partial charge < -0.3 is 5.32 Å². The number of nitrogens with zero attached hydrogens (tertiary/aromatic N) is 2. The lowest BCUT2D eigenvalue weighted by Gasteiger charge is -2.28. The van der Waals surface area contributed by atoms with Gasteiger partial charge in [0.2, 0.25) is 0 Å². The summed E-state index contributed by atoms with van der Waals surface area (Å²) in [4.78, 5) is 25.8. The first kappa shape index (κ1) is 21.1. The van der Waals surface area contributed by atoms with Gasteiger partial charge in [-0.05, 0) is 43.2 Å². The van der Waals surface area contributed by atoms with E-state index in [-0.39, 0.29) is 23.2 Å². The van der Waals surface area contributed by atoms with Crippen molar-refractivity contribution in [1.29, 1.82) is 0 Å². The van der Waals surface area contributed by atoms with Crippen molar-refractivity contribution in [3.63, 3.8) is 0 Å². The molecule has 1 N–H and O–H groups in total. The number of hydrogen-bond acceptors (Lipinski definition) is 3. The van der Waals surface area contributed by atoms with Crippen LogP contribution in [0.4, 0.5) is 18.9 Å². The molecule has 0 bridgehead atoms. The first-order chi connectivity index (χ1) is 14.7. The summed E-state index contributed by atoms with van der Waals surface area (Å²) >= 11 is 5.86. The van der Waals surface area contributed by atoms with Gasteiger partial charge in [-0.15, -0.1) is 0 Å². The summed E-state index contributed by atoms with van der Waals surface area (Å²) in [6.45, 7) is 1.85. The van der Waals surface area contributed by atoms with Crippen molar-refractivity contribution < 1.29 is 22.8 Å². The van der Waals surface area contributed by atoms with E-state index >= 15 is 0 Å². The number of carbonyl (C=O) groups excluding carboxylic acids is 2. The number of Topliss-reactive ketones (excluding diaryl/α,β-unsaturated/α-hetero) is 1. The van der Waals surface area contributed by atoms with Crippen LogP contribution in [0.25, 0.3) is 0 Å². The van der Waals surface area contributed by atoms with Gasteiger partial charge in [-0.3, -0.25) is 14.3 Å². The van der Waals surface area contributed by atoms with Crippen LogP contribution in [-0.2, 0) is 6.18 Å². The van der Waals surface area contributed by atoms with Gasteiger partial charge >= 0.3 is 6.18 Å². The Balaban J connectivity index is 1.66. The molecule has 0 aliphatic carbocycles. The number of nitrogens with one attached hydrogen (secondary N) is 1. The second kappa shape index (κ2) is 7.85. The van der Waals surface area contributed by atoms with E-state index in [9.17, 15) is 22.8 Å². The van der Waals surface area contributed by atoms with E-state index in [0.29, 0.717) is 17.5 Å². The first-order valence-corrected chi connectivity index (χ1v) is 9.89. The molecule has 0 radical (unpaired) electrons. The van der Waals surface area contributed by atoms with Gasteiger partial charge in [0.15, 0.2) is 5.78 Å². The highest BCUT2D eigenvalue weighted by Gasteiger charge is 2.38. The molecule has 5 nitrogen and oxygen atoms in total. The number of aromatic nitrogens is 2. The summed E-state index contributed by atoms with van der Waals surface area (Å²) in [5, 5.41) is 6.49. The zero-order valence-corrected chi connectivity index (χ0v) is 17.0. The molecule has 2 atom stereocenters. The maximum Gasteiger partial charge on any atom is 0.417 e. The van der Waals surface area contributed by atoms with Crippen LogP contribution >= 0.6 is 11.6 Å². The fourth-order valence-electron chi connectivity index (χ4n) is 3.80.